The van der Waals surface area contributed by atoms with Gasteiger partial charge in [0.2, 0.25) is 0 Å². The Morgan fingerprint density at radius 3 is 2.75 bits per heavy atom. The van der Waals surface area contributed by atoms with Gasteiger partial charge < -0.3 is 10.1 Å². The molecule has 1 aromatic carbocycles. The van der Waals surface area contributed by atoms with Crippen molar-refractivity contribution in [2.24, 2.45) is 0 Å². The second-order valence-electron chi connectivity index (χ2n) is 4.21. The Morgan fingerprint density at radius 2 is 2.12 bits per heavy atom. The highest BCUT2D eigenvalue weighted by atomic mass is 35.5. The summed E-state index contributed by atoms with van der Waals surface area (Å²) in [6.45, 7) is 1.95. The molecule has 1 unspecified atom stereocenters. The molecule has 1 fully saturated rings. The average molecular weight is 240 g/mol. The Morgan fingerprint density at radius 1 is 1.31 bits per heavy atom. The summed E-state index contributed by atoms with van der Waals surface area (Å²) in [7, 11) is 0. The smallest absolute Gasteiger partial charge is 0.119 e. The van der Waals surface area contributed by atoms with Crippen LogP contribution in [-0.4, -0.2) is 19.2 Å². The number of halogens is 1. The summed E-state index contributed by atoms with van der Waals surface area (Å²) >= 11 is 5.72. The van der Waals surface area contributed by atoms with Gasteiger partial charge in [0.25, 0.3) is 0 Å². The Kier molecular flexibility index (Phi) is 4.49. The van der Waals surface area contributed by atoms with Crippen LogP contribution in [0.4, 0.5) is 0 Å². The van der Waals surface area contributed by atoms with Gasteiger partial charge in [0.05, 0.1) is 6.61 Å². The summed E-state index contributed by atoms with van der Waals surface area (Å²) in [5.74, 6) is 1.50. The molecule has 16 heavy (non-hydrogen) atoms. The molecule has 0 bridgehead atoms. The van der Waals surface area contributed by atoms with Crippen LogP contribution in [-0.2, 0) is 5.88 Å². The van der Waals surface area contributed by atoms with E-state index in [1.807, 2.05) is 24.3 Å². The number of alkyl halides is 1. The number of rotatable bonds is 5. The summed E-state index contributed by atoms with van der Waals surface area (Å²) in [6, 6.07) is 8.65. The second-order valence-corrected chi connectivity index (χ2v) is 4.48. The average Bonchev–Trinajstić information content (AvgIpc) is 2.83. The van der Waals surface area contributed by atoms with Crippen molar-refractivity contribution < 1.29 is 4.74 Å². The summed E-state index contributed by atoms with van der Waals surface area (Å²) in [6.07, 6.45) is 3.68. The lowest BCUT2D eigenvalue weighted by Gasteiger charge is -2.11. The third-order valence-electron chi connectivity index (χ3n) is 2.98. The highest BCUT2D eigenvalue weighted by Gasteiger charge is 2.13. The number of hydrogen-bond acceptors (Lipinski definition) is 2. The van der Waals surface area contributed by atoms with Crippen LogP contribution in [0.1, 0.15) is 24.8 Å². The van der Waals surface area contributed by atoms with Gasteiger partial charge in [-0.25, -0.2) is 0 Å². The monoisotopic (exact) mass is 239 g/mol. The number of hydrogen-bond donors (Lipinski definition) is 1. The van der Waals surface area contributed by atoms with E-state index in [-0.39, 0.29) is 0 Å². The van der Waals surface area contributed by atoms with Crippen LogP contribution in [0.5, 0.6) is 5.75 Å². The number of ether oxygens (including phenoxy) is 1. The van der Waals surface area contributed by atoms with Gasteiger partial charge >= 0.3 is 0 Å². The second kappa shape index (κ2) is 6.12. The Balaban J connectivity index is 1.71. The molecule has 88 valence electrons. The molecule has 0 radical (unpaired) electrons. The van der Waals surface area contributed by atoms with Crippen LogP contribution in [0.3, 0.4) is 0 Å². The molecule has 0 aromatic heterocycles. The van der Waals surface area contributed by atoms with Crippen LogP contribution in [0.2, 0.25) is 0 Å². The van der Waals surface area contributed by atoms with E-state index in [0.717, 1.165) is 30.9 Å². The van der Waals surface area contributed by atoms with Gasteiger partial charge in [-0.3, -0.25) is 0 Å². The van der Waals surface area contributed by atoms with Crippen LogP contribution in [0, 0.1) is 0 Å². The maximum Gasteiger partial charge on any atom is 0.119 e. The molecule has 0 amide bonds. The quantitative estimate of drug-likeness (QED) is 0.798. The minimum absolute atomic E-state index is 0.562. The van der Waals surface area contributed by atoms with Gasteiger partial charge in [0, 0.05) is 11.9 Å². The maximum absolute atomic E-state index is 5.72. The van der Waals surface area contributed by atoms with Crippen molar-refractivity contribution in [1.29, 1.82) is 0 Å². The predicted octanol–water partition coefficient (Wildman–Crippen LogP) is 2.95. The molecular weight excluding hydrogens is 222 g/mol. The maximum atomic E-state index is 5.72. The van der Waals surface area contributed by atoms with Crippen molar-refractivity contribution in [2.45, 2.75) is 31.2 Å². The zero-order valence-corrected chi connectivity index (χ0v) is 10.2. The Hall–Kier alpha value is -0.730. The van der Waals surface area contributed by atoms with Crippen molar-refractivity contribution >= 4 is 11.6 Å². The molecule has 0 spiro atoms. The molecule has 0 saturated carbocycles. The van der Waals surface area contributed by atoms with Gasteiger partial charge in [0.1, 0.15) is 5.75 Å². The first-order valence-corrected chi connectivity index (χ1v) is 6.43. The zero-order chi connectivity index (χ0) is 11.2. The SMILES string of the molecule is ClCc1ccc(OCCC2CCCN2)cc1. The molecule has 1 saturated heterocycles. The summed E-state index contributed by atoms with van der Waals surface area (Å²) in [5.41, 5.74) is 1.13. The molecule has 1 atom stereocenters. The lowest BCUT2D eigenvalue weighted by molar-refractivity contribution is 0.292. The zero-order valence-electron chi connectivity index (χ0n) is 9.42. The summed E-state index contributed by atoms with van der Waals surface area (Å²) in [5, 5.41) is 3.46. The summed E-state index contributed by atoms with van der Waals surface area (Å²) < 4.78 is 5.68. The van der Waals surface area contributed by atoms with Crippen molar-refractivity contribution in [2.75, 3.05) is 13.2 Å². The van der Waals surface area contributed by atoms with E-state index in [9.17, 15) is 0 Å². The normalized spacial score (nSPS) is 19.9. The van der Waals surface area contributed by atoms with E-state index in [1.165, 1.54) is 12.8 Å². The van der Waals surface area contributed by atoms with Crippen molar-refractivity contribution in [3.05, 3.63) is 29.8 Å². The lowest BCUT2D eigenvalue weighted by atomic mass is 10.2. The largest absolute Gasteiger partial charge is 0.494 e. The molecule has 0 aliphatic carbocycles. The minimum atomic E-state index is 0.562. The van der Waals surface area contributed by atoms with Gasteiger partial charge in [-0.05, 0) is 43.5 Å². The molecule has 1 aliphatic heterocycles. The van der Waals surface area contributed by atoms with Gasteiger partial charge in [-0.15, -0.1) is 11.6 Å². The third-order valence-corrected chi connectivity index (χ3v) is 3.28. The standard InChI is InChI=1S/C13H18ClNO/c14-10-11-3-5-13(6-4-11)16-9-7-12-2-1-8-15-12/h3-6,12,15H,1-2,7-10H2. The first-order valence-electron chi connectivity index (χ1n) is 5.89. The fourth-order valence-corrected chi connectivity index (χ4v) is 2.18. The van der Waals surface area contributed by atoms with E-state index in [2.05, 4.69) is 5.32 Å². The molecule has 2 rings (SSSR count). The van der Waals surface area contributed by atoms with Gasteiger partial charge in [-0.2, -0.15) is 0 Å². The number of nitrogens with one attached hydrogen (secondary N) is 1. The highest BCUT2D eigenvalue weighted by molar-refractivity contribution is 6.17. The summed E-state index contributed by atoms with van der Waals surface area (Å²) in [4.78, 5) is 0. The van der Waals surface area contributed by atoms with Crippen LogP contribution in [0.15, 0.2) is 24.3 Å². The van der Waals surface area contributed by atoms with E-state index >= 15 is 0 Å². The van der Waals surface area contributed by atoms with Gasteiger partial charge in [0.15, 0.2) is 0 Å². The fourth-order valence-electron chi connectivity index (χ4n) is 2.00. The highest BCUT2D eigenvalue weighted by Crippen LogP contribution is 2.15. The first-order chi connectivity index (χ1) is 7.88. The van der Waals surface area contributed by atoms with Crippen molar-refractivity contribution in [3.8, 4) is 5.75 Å². The Bertz CT molecular complexity index is 306. The van der Waals surface area contributed by atoms with E-state index in [1.54, 1.807) is 0 Å². The molecule has 1 aromatic rings. The van der Waals surface area contributed by atoms with Crippen molar-refractivity contribution in [1.82, 2.24) is 5.32 Å². The minimum Gasteiger partial charge on any atom is -0.494 e. The molecule has 1 aliphatic rings. The molecule has 2 nitrogen and oxygen atoms in total. The van der Waals surface area contributed by atoms with Crippen LogP contribution < -0.4 is 10.1 Å². The van der Waals surface area contributed by atoms with E-state index < -0.39 is 0 Å². The molecule has 3 heteroatoms. The fraction of sp³-hybridized carbons (Fsp3) is 0.538. The number of benzene rings is 1. The van der Waals surface area contributed by atoms with Crippen molar-refractivity contribution in [3.63, 3.8) is 0 Å². The molecule has 1 N–H and O–H groups in total. The third kappa shape index (κ3) is 3.39. The van der Waals surface area contributed by atoms with Crippen LogP contribution >= 0.6 is 11.6 Å². The Labute approximate surface area is 102 Å². The predicted molar refractivity (Wildman–Crippen MR) is 67.1 cm³/mol. The van der Waals surface area contributed by atoms with E-state index in [0.29, 0.717) is 11.9 Å². The van der Waals surface area contributed by atoms with Gasteiger partial charge in [-0.1, -0.05) is 12.1 Å². The topological polar surface area (TPSA) is 21.3 Å². The molecular formula is C13H18ClNO. The van der Waals surface area contributed by atoms with Crippen LogP contribution in [0.25, 0.3) is 0 Å². The molecule has 1 heterocycles. The lowest BCUT2D eigenvalue weighted by Crippen LogP contribution is -2.23. The first kappa shape index (κ1) is 11.7. The van der Waals surface area contributed by atoms with E-state index in [4.69, 9.17) is 16.3 Å².